The smallest absolute Gasteiger partial charge is 0.0992 e. The van der Waals surface area contributed by atoms with Gasteiger partial charge in [0.25, 0.3) is 0 Å². The third-order valence-electron chi connectivity index (χ3n) is 1.62. The van der Waals surface area contributed by atoms with Crippen molar-refractivity contribution in [1.82, 2.24) is 15.0 Å². The van der Waals surface area contributed by atoms with E-state index in [9.17, 15) is 0 Å². The van der Waals surface area contributed by atoms with Gasteiger partial charge in [-0.05, 0) is 18.2 Å². The first-order chi connectivity index (χ1) is 6.40. The Morgan fingerprint density at radius 2 is 2.00 bits per heavy atom. The van der Waals surface area contributed by atoms with Gasteiger partial charge in [0.1, 0.15) is 0 Å². The third-order valence-corrected chi connectivity index (χ3v) is 1.62. The van der Waals surface area contributed by atoms with E-state index >= 15 is 0 Å². The van der Waals surface area contributed by atoms with Crippen LogP contribution in [0.3, 0.4) is 0 Å². The molecule has 2 rings (SSSR count). The monoisotopic (exact) mass is 170 g/mol. The zero-order valence-corrected chi connectivity index (χ0v) is 6.75. The summed E-state index contributed by atoms with van der Waals surface area (Å²) in [6.45, 7) is 0. The summed E-state index contributed by atoms with van der Waals surface area (Å²) in [7, 11) is 0. The Balaban J connectivity index is 2.49. The van der Waals surface area contributed by atoms with Crippen LogP contribution >= 0.6 is 0 Å². The second-order valence-electron chi connectivity index (χ2n) is 2.48. The fraction of sp³-hybridized carbons (Fsp3) is 0. The number of rotatable bonds is 1. The van der Waals surface area contributed by atoms with E-state index in [0.29, 0.717) is 5.56 Å². The largest absolute Gasteiger partial charge is 0.192 e. The number of nitriles is 1. The predicted molar refractivity (Wildman–Crippen MR) is 46.1 cm³/mol. The normalized spacial score (nSPS) is 9.46. The van der Waals surface area contributed by atoms with E-state index in [2.05, 4.69) is 16.3 Å². The summed E-state index contributed by atoms with van der Waals surface area (Å²) in [5.41, 5.74) is 1.40. The Bertz CT molecular complexity index is 439. The summed E-state index contributed by atoms with van der Waals surface area (Å²) in [5.74, 6) is 0. The SMILES string of the molecule is N#Cc1cccc(-n2nccn2)c1. The maximum Gasteiger partial charge on any atom is 0.0992 e. The molecule has 0 fully saturated rings. The van der Waals surface area contributed by atoms with E-state index < -0.39 is 0 Å². The minimum absolute atomic E-state index is 0.606. The molecule has 13 heavy (non-hydrogen) atoms. The first-order valence-corrected chi connectivity index (χ1v) is 3.77. The van der Waals surface area contributed by atoms with Gasteiger partial charge in [-0.25, -0.2) is 0 Å². The van der Waals surface area contributed by atoms with Gasteiger partial charge in [0.15, 0.2) is 0 Å². The molecule has 4 heteroatoms. The highest BCUT2D eigenvalue weighted by Crippen LogP contribution is 2.06. The number of nitrogens with zero attached hydrogens (tertiary/aromatic N) is 4. The average Bonchev–Trinajstić information content (AvgIpc) is 2.71. The van der Waals surface area contributed by atoms with Gasteiger partial charge in [0.05, 0.1) is 29.7 Å². The molecular weight excluding hydrogens is 164 g/mol. The van der Waals surface area contributed by atoms with Gasteiger partial charge < -0.3 is 0 Å². The lowest BCUT2D eigenvalue weighted by molar-refractivity contribution is 0.752. The summed E-state index contributed by atoms with van der Waals surface area (Å²) < 4.78 is 0. The molecule has 0 radical (unpaired) electrons. The molecule has 0 atom stereocenters. The highest BCUT2D eigenvalue weighted by atomic mass is 15.5. The molecule has 4 nitrogen and oxygen atoms in total. The maximum absolute atomic E-state index is 8.66. The van der Waals surface area contributed by atoms with E-state index in [1.165, 1.54) is 4.80 Å². The van der Waals surface area contributed by atoms with Gasteiger partial charge in [-0.15, -0.1) is 0 Å². The standard InChI is InChI=1S/C9H6N4/c10-7-8-2-1-3-9(6-8)13-11-4-5-12-13/h1-6H. The Labute approximate surface area is 75.0 Å². The minimum Gasteiger partial charge on any atom is -0.192 e. The van der Waals surface area contributed by atoms with E-state index in [1.54, 1.807) is 30.6 Å². The Morgan fingerprint density at radius 3 is 2.69 bits per heavy atom. The van der Waals surface area contributed by atoms with Crippen molar-refractivity contribution in [2.24, 2.45) is 0 Å². The second-order valence-corrected chi connectivity index (χ2v) is 2.48. The molecule has 1 aromatic heterocycles. The molecule has 1 aromatic carbocycles. The first-order valence-electron chi connectivity index (χ1n) is 3.77. The van der Waals surface area contributed by atoms with Gasteiger partial charge in [0.2, 0.25) is 0 Å². The highest BCUT2D eigenvalue weighted by Gasteiger charge is 1.97. The Morgan fingerprint density at radius 1 is 1.23 bits per heavy atom. The molecule has 1 heterocycles. The van der Waals surface area contributed by atoms with Crippen LogP contribution in [0.25, 0.3) is 5.69 Å². The van der Waals surface area contributed by atoms with Crippen molar-refractivity contribution >= 4 is 0 Å². The Hall–Kier alpha value is -2.15. The van der Waals surface area contributed by atoms with Crippen molar-refractivity contribution in [3.05, 3.63) is 42.2 Å². The molecule has 0 unspecified atom stereocenters. The molecule has 0 aliphatic rings. The summed E-state index contributed by atoms with van der Waals surface area (Å²) in [5, 5.41) is 16.6. The molecule has 0 N–H and O–H groups in total. The quantitative estimate of drug-likeness (QED) is 0.644. The van der Waals surface area contributed by atoms with E-state index in [0.717, 1.165) is 5.69 Å². The molecule has 0 saturated carbocycles. The van der Waals surface area contributed by atoms with Crippen molar-refractivity contribution in [3.8, 4) is 11.8 Å². The fourth-order valence-electron chi connectivity index (χ4n) is 1.05. The lowest BCUT2D eigenvalue weighted by Crippen LogP contribution is -1.97. The maximum atomic E-state index is 8.66. The van der Waals surface area contributed by atoms with Gasteiger partial charge in [-0.3, -0.25) is 0 Å². The zero-order chi connectivity index (χ0) is 9.10. The molecule has 0 amide bonds. The molecule has 0 aliphatic carbocycles. The highest BCUT2D eigenvalue weighted by molar-refractivity contribution is 5.39. The summed E-state index contributed by atoms with van der Waals surface area (Å²) in [6.07, 6.45) is 3.19. The van der Waals surface area contributed by atoms with Crippen molar-refractivity contribution in [2.45, 2.75) is 0 Å². The van der Waals surface area contributed by atoms with Crippen LogP contribution in [-0.4, -0.2) is 15.0 Å². The number of hydrogen-bond acceptors (Lipinski definition) is 3. The molecular formula is C9H6N4. The van der Waals surface area contributed by atoms with Crippen LogP contribution < -0.4 is 0 Å². The topological polar surface area (TPSA) is 54.5 Å². The number of aromatic nitrogens is 3. The van der Waals surface area contributed by atoms with Gasteiger partial charge in [-0.1, -0.05) is 6.07 Å². The molecule has 0 spiro atoms. The van der Waals surface area contributed by atoms with Crippen LogP contribution in [-0.2, 0) is 0 Å². The van der Waals surface area contributed by atoms with Gasteiger partial charge in [0, 0.05) is 0 Å². The van der Waals surface area contributed by atoms with Crippen LogP contribution in [0, 0.1) is 11.3 Å². The van der Waals surface area contributed by atoms with Crippen LogP contribution in [0.1, 0.15) is 5.56 Å². The van der Waals surface area contributed by atoms with E-state index in [-0.39, 0.29) is 0 Å². The van der Waals surface area contributed by atoms with Crippen molar-refractivity contribution in [2.75, 3.05) is 0 Å². The van der Waals surface area contributed by atoms with Crippen LogP contribution in [0.2, 0.25) is 0 Å². The van der Waals surface area contributed by atoms with Gasteiger partial charge in [-0.2, -0.15) is 20.3 Å². The van der Waals surface area contributed by atoms with Crippen LogP contribution in [0.15, 0.2) is 36.7 Å². The zero-order valence-electron chi connectivity index (χ0n) is 6.75. The summed E-state index contributed by atoms with van der Waals surface area (Å²) in [6, 6.07) is 9.19. The Kier molecular flexibility index (Phi) is 1.77. The third kappa shape index (κ3) is 1.40. The number of hydrogen-bond donors (Lipinski definition) is 0. The molecule has 62 valence electrons. The van der Waals surface area contributed by atoms with Crippen LogP contribution in [0.4, 0.5) is 0 Å². The van der Waals surface area contributed by atoms with Crippen molar-refractivity contribution < 1.29 is 0 Å². The fourth-order valence-corrected chi connectivity index (χ4v) is 1.05. The van der Waals surface area contributed by atoms with Crippen molar-refractivity contribution in [3.63, 3.8) is 0 Å². The lowest BCUT2D eigenvalue weighted by Gasteiger charge is -1.97. The summed E-state index contributed by atoms with van der Waals surface area (Å²) >= 11 is 0. The minimum atomic E-state index is 0.606. The molecule has 0 aliphatic heterocycles. The second kappa shape index (κ2) is 3.07. The molecule has 2 aromatic rings. The average molecular weight is 170 g/mol. The summed E-state index contributed by atoms with van der Waals surface area (Å²) in [4.78, 5) is 1.47. The molecule has 0 saturated heterocycles. The van der Waals surface area contributed by atoms with Gasteiger partial charge >= 0.3 is 0 Å². The van der Waals surface area contributed by atoms with E-state index in [1.807, 2.05) is 6.07 Å². The lowest BCUT2D eigenvalue weighted by atomic mass is 10.2. The van der Waals surface area contributed by atoms with E-state index in [4.69, 9.17) is 5.26 Å². The first kappa shape index (κ1) is 7.50. The number of benzene rings is 1. The van der Waals surface area contributed by atoms with Crippen LogP contribution in [0.5, 0.6) is 0 Å². The van der Waals surface area contributed by atoms with Crippen molar-refractivity contribution in [1.29, 1.82) is 5.26 Å². The molecule has 0 bridgehead atoms. The predicted octanol–water partition coefficient (Wildman–Crippen LogP) is 1.14.